The molecule has 1 atom stereocenters. The molecule has 0 amide bonds. The maximum Gasteiger partial charge on any atom is 0.297 e. The first-order valence-corrected chi connectivity index (χ1v) is 4.16. The molecular formula is C10H9O3. The Hall–Kier alpha value is -1.51. The zero-order valence-electron chi connectivity index (χ0n) is 7.24. The molecule has 1 aromatic carbocycles. The third-order valence-corrected chi connectivity index (χ3v) is 1.92. The quantitative estimate of drug-likeness (QED) is 0.639. The number of carbonyl (C=O) groups is 1. The van der Waals surface area contributed by atoms with E-state index in [-0.39, 0.29) is 0 Å². The average Bonchev–Trinajstić information content (AvgIpc) is 2.58. The van der Waals surface area contributed by atoms with Gasteiger partial charge in [0.2, 0.25) is 6.29 Å². The van der Waals surface area contributed by atoms with E-state index in [9.17, 15) is 4.79 Å². The van der Waals surface area contributed by atoms with Crippen molar-refractivity contribution >= 4 is 6.29 Å². The molecule has 1 unspecified atom stereocenters. The molecule has 0 spiro atoms. The highest BCUT2D eigenvalue weighted by atomic mass is 16.7. The van der Waals surface area contributed by atoms with Crippen LogP contribution in [0.3, 0.4) is 0 Å². The van der Waals surface area contributed by atoms with Crippen LogP contribution in [0.5, 0.6) is 11.5 Å². The minimum absolute atomic E-state index is 0.592. The van der Waals surface area contributed by atoms with E-state index in [1.165, 1.54) is 0 Å². The number of carbonyl (C=O) groups excluding carboxylic acids is 1. The fourth-order valence-corrected chi connectivity index (χ4v) is 1.22. The van der Waals surface area contributed by atoms with E-state index in [2.05, 4.69) is 6.07 Å². The Balaban J connectivity index is 2.30. The maximum absolute atomic E-state index is 10.4. The van der Waals surface area contributed by atoms with E-state index in [4.69, 9.17) is 9.47 Å². The molecular weight excluding hydrogens is 168 g/mol. The molecule has 1 heterocycles. The van der Waals surface area contributed by atoms with Crippen LogP contribution in [0.1, 0.15) is 12.5 Å². The molecule has 67 valence electrons. The van der Waals surface area contributed by atoms with Crippen molar-refractivity contribution in [2.45, 2.75) is 19.6 Å². The molecule has 0 aliphatic carbocycles. The number of fused-ring (bicyclic) bond motifs is 1. The summed E-state index contributed by atoms with van der Waals surface area (Å²) in [5, 5.41) is 0. The summed E-state index contributed by atoms with van der Waals surface area (Å²) >= 11 is 0. The molecule has 0 N–H and O–H groups in total. The van der Waals surface area contributed by atoms with E-state index >= 15 is 0 Å². The van der Waals surface area contributed by atoms with Crippen molar-refractivity contribution in [2.24, 2.45) is 0 Å². The van der Waals surface area contributed by atoms with Gasteiger partial charge < -0.3 is 9.47 Å². The minimum Gasteiger partial charge on any atom is -0.444 e. The van der Waals surface area contributed by atoms with Crippen LogP contribution in [0.25, 0.3) is 0 Å². The van der Waals surface area contributed by atoms with E-state index < -0.39 is 6.29 Å². The Labute approximate surface area is 76.3 Å². The van der Waals surface area contributed by atoms with Gasteiger partial charge in [0.15, 0.2) is 11.5 Å². The van der Waals surface area contributed by atoms with E-state index in [1.807, 2.05) is 13.0 Å². The predicted octanol–water partition coefficient (Wildman–Crippen LogP) is 1.35. The summed E-state index contributed by atoms with van der Waals surface area (Å²) in [5.41, 5.74) is 1.05. The number of aryl methyl sites for hydroxylation is 1. The van der Waals surface area contributed by atoms with Crippen LogP contribution in [-0.2, 0) is 11.2 Å². The maximum atomic E-state index is 10.4. The summed E-state index contributed by atoms with van der Waals surface area (Å²) in [6.07, 6.45) is 0.740. The van der Waals surface area contributed by atoms with Gasteiger partial charge in [-0.25, -0.2) is 0 Å². The molecule has 3 nitrogen and oxygen atoms in total. The second-order valence-corrected chi connectivity index (χ2v) is 2.78. The van der Waals surface area contributed by atoms with Crippen LogP contribution in [0.2, 0.25) is 0 Å². The lowest BCUT2D eigenvalue weighted by Crippen LogP contribution is -2.18. The van der Waals surface area contributed by atoms with Crippen LogP contribution < -0.4 is 9.47 Å². The summed E-state index contributed by atoms with van der Waals surface area (Å²) in [5.74, 6) is 1.22. The van der Waals surface area contributed by atoms with Crippen molar-refractivity contribution in [1.29, 1.82) is 0 Å². The first-order valence-electron chi connectivity index (χ1n) is 4.16. The summed E-state index contributed by atoms with van der Waals surface area (Å²) < 4.78 is 10.3. The monoisotopic (exact) mass is 177 g/mol. The molecule has 3 heteroatoms. The number of hydrogen-bond acceptors (Lipinski definition) is 3. The van der Waals surface area contributed by atoms with Gasteiger partial charge in [-0.05, 0) is 30.2 Å². The highest BCUT2D eigenvalue weighted by Crippen LogP contribution is 2.34. The van der Waals surface area contributed by atoms with Gasteiger partial charge in [0.25, 0.3) is 6.29 Å². The van der Waals surface area contributed by atoms with Crippen molar-refractivity contribution in [1.82, 2.24) is 0 Å². The molecule has 1 aliphatic rings. The zero-order valence-corrected chi connectivity index (χ0v) is 7.24. The highest BCUT2D eigenvalue weighted by molar-refractivity contribution is 5.59. The molecule has 2 rings (SSSR count). The predicted molar refractivity (Wildman–Crippen MR) is 45.8 cm³/mol. The molecule has 0 aromatic heterocycles. The summed E-state index contributed by atoms with van der Waals surface area (Å²) in [6.45, 7) is 2.03. The Morgan fingerprint density at radius 2 is 2.31 bits per heavy atom. The van der Waals surface area contributed by atoms with Crippen LogP contribution >= 0.6 is 0 Å². The lowest BCUT2D eigenvalue weighted by molar-refractivity contribution is -0.121. The van der Waals surface area contributed by atoms with Crippen LogP contribution in [0.4, 0.5) is 0 Å². The van der Waals surface area contributed by atoms with Crippen LogP contribution in [-0.4, -0.2) is 12.6 Å². The second-order valence-electron chi connectivity index (χ2n) is 2.78. The lowest BCUT2D eigenvalue weighted by Gasteiger charge is -1.98. The molecule has 1 radical (unpaired) electrons. The molecule has 13 heavy (non-hydrogen) atoms. The van der Waals surface area contributed by atoms with Crippen molar-refractivity contribution in [3.8, 4) is 11.5 Å². The van der Waals surface area contributed by atoms with Crippen molar-refractivity contribution < 1.29 is 14.3 Å². The normalized spacial score (nSPS) is 18.7. The average molecular weight is 177 g/mol. The topological polar surface area (TPSA) is 35.5 Å². The molecule has 0 fully saturated rings. The Morgan fingerprint density at radius 3 is 3.00 bits per heavy atom. The first-order chi connectivity index (χ1) is 6.33. The number of aldehydes is 1. The molecule has 1 aromatic rings. The lowest BCUT2D eigenvalue weighted by atomic mass is 10.1. The molecule has 0 bridgehead atoms. The molecule has 0 saturated carbocycles. The van der Waals surface area contributed by atoms with Gasteiger partial charge >= 0.3 is 0 Å². The largest absolute Gasteiger partial charge is 0.444 e. The van der Waals surface area contributed by atoms with Gasteiger partial charge in [-0.2, -0.15) is 0 Å². The number of hydrogen-bond donors (Lipinski definition) is 0. The van der Waals surface area contributed by atoms with Crippen molar-refractivity contribution in [3.05, 3.63) is 23.8 Å². The van der Waals surface area contributed by atoms with Crippen molar-refractivity contribution in [2.75, 3.05) is 0 Å². The standard InChI is InChI=1S/C10H9O3/c1-2-7-3-4-8-9(5-7)13-10(6-11)12-8/h4-6,10H,2H2,1H3. The smallest absolute Gasteiger partial charge is 0.297 e. The van der Waals surface area contributed by atoms with Gasteiger partial charge in [-0.1, -0.05) is 6.92 Å². The summed E-state index contributed by atoms with van der Waals surface area (Å²) in [7, 11) is 0. The van der Waals surface area contributed by atoms with Crippen LogP contribution in [0, 0.1) is 6.07 Å². The van der Waals surface area contributed by atoms with Gasteiger partial charge in [0, 0.05) is 0 Å². The fraction of sp³-hybridized carbons (Fsp3) is 0.300. The van der Waals surface area contributed by atoms with Gasteiger partial charge in [-0.15, -0.1) is 0 Å². The molecule has 1 aliphatic heterocycles. The number of rotatable bonds is 2. The van der Waals surface area contributed by atoms with E-state index in [0.29, 0.717) is 17.8 Å². The second kappa shape index (κ2) is 3.09. The summed E-state index contributed by atoms with van der Waals surface area (Å²) in [4.78, 5) is 10.4. The molecule has 0 saturated heterocycles. The SMILES string of the molecule is CCc1[c]cc2c(c1)OC(C=O)O2. The fourth-order valence-electron chi connectivity index (χ4n) is 1.22. The van der Waals surface area contributed by atoms with Crippen LogP contribution in [0.15, 0.2) is 12.1 Å². The van der Waals surface area contributed by atoms with Gasteiger partial charge in [0.1, 0.15) is 0 Å². The van der Waals surface area contributed by atoms with E-state index in [1.54, 1.807) is 6.07 Å². The minimum atomic E-state index is -0.782. The number of benzene rings is 1. The van der Waals surface area contributed by atoms with Crippen molar-refractivity contribution in [3.63, 3.8) is 0 Å². The van der Waals surface area contributed by atoms with Gasteiger partial charge in [0.05, 0.1) is 0 Å². The zero-order chi connectivity index (χ0) is 9.26. The van der Waals surface area contributed by atoms with Gasteiger partial charge in [-0.3, -0.25) is 4.79 Å². The Bertz CT molecular complexity index is 333. The number of ether oxygens (including phenoxy) is 2. The third kappa shape index (κ3) is 1.37. The first kappa shape index (κ1) is 8.10. The summed E-state index contributed by atoms with van der Waals surface area (Å²) in [6, 6.07) is 6.59. The van der Waals surface area contributed by atoms with E-state index in [0.717, 1.165) is 12.0 Å². The third-order valence-electron chi connectivity index (χ3n) is 1.92. The Morgan fingerprint density at radius 1 is 1.54 bits per heavy atom. The Kier molecular flexibility index (Phi) is 1.93. The highest BCUT2D eigenvalue weighted by Gasteiger charge is 2.23.